The number of rotatable bonds is 7. The molecule has 0 atom stereocenters. The summed E-state index contributed by atoms with van der Waals surface area (Å²) in [6.07, 6.45) is 4.05. The molecule has 4 nitrogen and oxygen atoms in total. The fourth-order valence-electron chi connectivity index (χ4n) is 1.60. The molecule has 0 aliphatic heterocycles. The van der Waals surface area contributed by atoms with E-state index in [0.29, 0.717) is 11.5 Å². The molecule has 4 heteroatoms. The molecule has 0 aliphatic carbocycles. The Labute approximate surface area is 109 Å². The molecule has 0 saturated heterocycles. The summed E-state index contributed by atoms with van der Waals surface area (Å²) in [6.45, 7) is 3.85. The highest BCUT2D eigenvalue weighted by Crippen LogP contribution is 2.35. The zero-order valence-electron chi connectivity index (χ0n) is 11.4. The highest BCUT2D eigenvalue weighted by Gasteiger charge is 2.09. The van der Waals surface area contributed by atoms with Crippen LogP contribution in [0, 0.1) is 0 Å². The molecule has 1 rings (SSSR count). The van der Waals surface area contributed by atoms with Crippen LogP contribution in [-0.4, -0.2) is 34.4 Å². The fraction of sp³-hybridized carbons (Fsp3) is 0.429. The van der Waals surface area contributed by atoms with Crippen LogP contribution in [0.1, 0.15) is 12.5 Å². The van der Waals surface area contributed by atoms with E-state index in [4.69, 9.17) is 14.2 Å². The molecule has 100 valence electrons. The predicted molar refractivity (Wildman–Crippen MR) is 73.7 cm³/mol. The Balaban J connectivity index is 2.98. The fourth-order valence-corrected chi connectivity index (χ4v) is 1.60. The van der Waals surface area contributed by atoms with Gasteiger partial charge < -0.3 is 19.5 Å². The van der Waals surface area contributed by atoms with E-state index >= 15 is 0 Å². The van der Waals surface area contributed by atoms with E-state index in [1.807, 2.05) is 24.3 Å². The predicted octanol–water partition coefficient (Wildman–Crippen LogP) is 2.34. The molecule has 0 bridgehead atoms. The molecule has 18 heavy (non-hydrogen) atoms. The van der Waals surface area contributed by atoms with Crippen molar-refractivity contribution in [2.24, 2.45) is 0 Å². The summed E-state index contributed by atoms with van der Waals surface area (Å²) in [5, 5.41) is 3.22. The molecule has 0 fully saturated rings. The normalized spacial score (nSPS) is 10.7. The lowest BCUT2D eigenvalue weighted by atomic mass is 10.1. The van der Waals surface area contributed by atoms with Gasteiger partial charge in [0.25, 0.3) is 0 Å². The van der Waals surface area contributed by atoms with E-state index in [2.05, 4.69) is 12.2 Å². The van der Waals surface area contributed by atoms with Crippen molar-refractivity contribution in [1.29, 1.82) is 0 Å². The van der Waals surface area contributed by atoms with E-state index in [9.17, 15) is 0 Å². The van der Waals surface area contributed by atoms with Crippen molar-refractivity contribution in [3.05, 3.63) is 23.8 Å². The van der Waals surface area contributed by atoms with Gasteiger partial charge >= 0.3 is 0 Å². The van der Waals surface area contributed by atoms with Crippen molar-refractivity contribution in [2.45, 2.75) is 6.92 Å². The van der Waals surface area contributed by atoms with Crippen LogP contribution in [0.4, 0.5) is 0 Å². The van der Waals surface area contributed by atoms with Crippen LogP contribution in [-0.2, 0) is 0 Å². The average Bonchev–Trinajstić information content (AvgIpc) is 2.42. The van der Waals surface area contributed by atoms with Crippen molar-refractivity contribution in [3.8, 4) is 17.2 Å². The van der Waals surface area contributed by atoms with Crippen LogP contribution in [0.25, 0.3) is 6.08 Å². The second-order valence-corrected chi connectivity index (χ2v) is 3.66. The Morgan fingerprint density at radius 3 is 2.17 bits per heavy atom. The topological polar surface area (TPSA) is 39.7 Å². The van der Waals surface area contributed by atoms with Crippen LogP contribution in [0.5, 0.6) is 17.2 Å². The Hall–Kier alpha value is -1.68. The average molecular weight is 251 g/mol. The summed E-state index contributed by atoms with van der Waals surface area (Å²) in [5.74, 6) is 2.12. The van der Waals surface area contributed by atoms with Gasteiger partial charge in [-0.2, -0.15) is 0 Å². The Bertz CT molecular complexity index is 402. The maximum atomic E-state index is 5.34. The van der Waals surface area contributed by atoms with Crippen molar-refractivity contribution in [2.75, 3.05) is 34.4 Å². The Morgan fingerprint density at radius 1 is 1.00 bits per heavy atom. The van der Waals surface area contributed by atoms with E-state index < -0.39 is 0 Å². The number of likely N-dealkylation sites (N-methyl/N-ethyl adjacent to an activating group) is 1. The molecule has 0 radical (unpaired) electrons. The minimum Gasteiger partial charge on any atom is -0.496 e. The molecule has 0 spiro atoms. The highest BCUT2D eigenvalue weighted by atomic mass is 16.5. The maximum absolute atomic E-state index is 5.34. The van der Waals surface area contributed by atoms with Crippen molar-refractivity contribution >= 4 is 6.08 Å². The first-order valence-electron chi connectivity index (χ1n) is 5.94. The quantitative estimate of drug-likeness (QED) is 0.755. The summed E-state index contributed by atoms with van der Waals surface area (Å²) in [4.78, 5) is 0. The number of hydrogen-bond donors (Lipinski definition) is 1. The smallest absolute Gasteiger partial charge is 0.164 e. The third-order valence-corrected chi connectivity index (χ3v) is 2.55. The van der Waals surface area contributed by atoms with Gasteiger partial charge in [0.1, 0.15) is 5.75 Å². The minimum atomic E-state index is 0.665. The summed E-state index contributed by atoms with van der Waals surface area (Å²) >= 11 is 0. The summed E-state index contributed by atoms with van der Waals surface area (Å²) in [5.41, 5.74) is 0.966. The first-order valence-corrected chi connectivity index (χ1v) is 5.94. The Morgan fingerprint density at radius 2 is 1.61 bits per heavy atom. The van der Waals surface area contributed by atoms with Crippen LogP contribution in [0.15, 0.2) is 18.2 Å². The molecule has 0 saturated carbocycles. The molecular formula is C14H21NO3. The van der Waals surface area contributed by atoms with E-state index in [1.54, 1.807) is 21.3 Å². The maximum Gasteiger partial charge on any atom is 0.164 e. The first kappa shape index (κ1) is 14.4. The lowest BCUT2D eigenvalue weighted by Crippen LogP contribution is -2.11. The van der Waals surface area contributed by atoms with Crippen molar-refractivity contribution < 1.29 is 14.2 Å². The third kappa shape index (κ3) is 3.67. The summed E-state index contributed by atoms with van der Waals surface area (Å²) in [6, 6.07) is 3.73. The number of benzene rings is 1. The molecule has 0 unspecified atom stereocenters. The van der Waals surface area contributed by atoms with Gasteiger partial charge in [-0.25, -0.2) is 0 Å². The largest absolute Gasteiger partial charge is 0.496 e. The van der Waals surface area contributed by atoms with E-state index in [-0.39, 0.29) is 0 Å². The first-order chi connectivity index (χ1) is 8.76. The highest BCUT2D eigenvalue weighted by molar-refractivity contribution is 5.63. The molecular weight excluding hydrogens is 230 g/mol. The summed E-state index contributed by atoms with van der Waals surface area (Å²) < 4.78 is 15.8. The van der Waals surface area contributed by atoms with Crippen molar-refractivity contribution in [1.82, 2.24) is 5.32 Å². The monoisotopic (exact) mass is 251 g/mol. The SMILES string of the molecule is CCNCC=Cc1cc(OC)c(OC)cc1OC. The molecule has 0 aromatic heterocycles. The van der Waals surface area contributed by atoms with Crippen molar-refractivity contribution in [3.63, 3.8) is 0 Å². The van der Waals surface area contributed by atoms with Gasteiger partial charge in [0, 0.05) is 18.2 Å². The third-order valence-electron chi connectivity index (χ3n) is 2.55. The van der Waals surface area contributed by atoms with Gasteiger partial charge in [-0.1, -0.05) is 19.1 Å². The molecule has 1 aromatic rings. The van der Waals surface area contributed by atoms with Gasteiger partial charge in [0.05, 0.1) is 21.3 Å². The molecule has 1 N–H and O–H groups in total. The Kier molecular flexibility index (Phi) is 6.08. The molecule has 0 aliphatic rings. The van der Waals surface area contributed by atoms with Crippen LogP contribution >= 0.6 is 0 Å². The zero-order valence-corrected chi connectivity index (χ0v) is 11.4. The van der Waals surface area contributed by atoms with Gasteiger partial charge in [-0.05, 0) is 12.6 Å². The second kappa shape index (κ2) is 7.61. The van der Waals surface area contributed by atoms with Gasteiger partial charge in [0.2, 0.25) is 0 Å². The standard InChI is InChI=1S/C14H21NO3/c1-5-15-8-6-7-11-9-13(17-3)14(18-4)10-12(11)16-2/h6-7,9-10,15H,5,8H2,1-4H3. The van der Waals surface area contributed by atoms with E-state index in [1.165, 1.54) is 0 Å². The van der Waals surface area contributed by atoms with Crippen LogP contribution in [0.2, 0.25) is 0 Å². The van der Waals surface area contributed by atoms with Crippen LogP contribution < -0.4 is 19.5 Å². The number of nitrogens with one attached hydrogen (secondary N) is 1. The molecule has 0 amide bonds. The van der Waals surface area contributed by atoms with E-state index in [0.717, 1.165) is 24.4 Å². The van der Waals surface area contributed by atoms with Gasteiger partial charge in [-0.15, -0.1) is 0 Å². The minimum absolute atomic E-state index is 0.665. The van der Waals surface area contributed by atoms with Gasteiger partial charge in [-0.3, -0.25) is 0 Å². The second-order valence-electron chi connectivity index (χ2n) is 3.66. The molecule has 0 heterocycles. The lowest BCUT2D eigenvalue weighted by Gasteiger charge is -2.12. The van der Waals surface area contributed by atoms with Crippen LogP contribution in [0.3, 0.4) is 0 Å². The molecule has 1 aromatic carbocycles. The lowest BCUT2D eigenvalue weighted by molar-refractivity contribution is 0.348. The number of methoxy groups -OCH3 is 3. The number of hydrogen-bond acceptors (Lipinski definition) is 4. The van der Waals surface area contributed by atoms with Gasteiger partial charge in [0.15, 0.2) is 11.5 Å². The zero-order chi connectivity index (χ0) is 13.4. The summed E-state index contributed by atoms with van der Waals surface area (Å²) in [7, 11) is 4.87. The number of ether oxygens (including phenoxy) is 3.